The van der Waals surface area contributed by atoms with Gasteiger partial charge in [0.05, 0.1) is 17.0 Å². The summed E-state index contributed by atoms with van der Waals surface area (Å²) >= 11 is 0. The van der Waals surface area contributed by atoms with E-state index >= 15 is 0 Å². The van der Waals surface area contributed by atoms with Gasteiger partial charge in [-0.1, -0.05) is 17.3 Å². The molecule has 2 aromatic rings. The van der Waals surface area contributed by atoms with E-state index in [2.05, 4.69) is 5.16 Å². The zero-order chi connectivity index (χ0) is 17.3. The largest absolute Gasteiger partial charge is 0.481 e. The Balaban J connectivity index is 2.03. The first kappa shape index (κ1) is 16.7. The van der Waals surface area contributed by atoms with Gasteiger partial charge in [0, 0.05) is 24.2 Å². The third-order valence-electron chi connectivity index (χ3n) is 4.35. The molecular formula is C16H18N2O5S. The predicted molar refractivity (Wildman–Crippen MR) is 85.7 cm³/mol. The minimum atomic E-state index is -3.85. The van der Waals surface area contributed by atoms with Crippen molar-refractivity contribution in [3.63, 3.8) is 0 Å². The Morgan fingerprint density at radius 3 is 2.71 bits per heavy atom. The molecule has 1 fully saturated rings. The van der Waals surface area contributed by atoms with Gasteiger partial charge in [0.2, 0.25) is 10.0 Å². The van der Waals surface area contributed by atoms with Crippen molar-refractivity contribution in [2.24, 2.45) is 5.92 Å². The van der Waals surface area contributed by atoms with Crippen LogP contribution >= 0.6 is 0 Å². The number of carboxylic acid groups (broad SMARTS) is 1. The van der Waals surface area contributed by atoms with Gasteiger partial charge in [0.25, 0.3) is 0 Å². The number of aromatic nitrogens is 1. The van der Waals surface area contributed by atoms with Crippen molar-refractivity contribution < 1.29 is 22.8 Å². The first-order valence-electron chi connectivity index (χ1n) is 7.66. The van der Waals surface area contributed by atoms with Gasteiger partial charge in [0.15, 0.2) is 5.76 Å². The Kier molecular flexibility index (Phi) is 4.42. The molecule has 0 bridgehead atoms. The molecule has 1 aromatic carbocycles. The fourth-order valence-corrected chi connectivity index (χ4v) is 4.89. The minimum absolute atomic E-state index is 0.0242. The molecule has 0 spiro atoms. The highest BCUT2D eigenvalue weighted by Crippen LogP contribution is 2.33. The Morgan fingerprint density at radius 2 is 2.04 bits per heavy atom. The number of aliphatic carboxylic acids is 1. The van der Waals surface area contributed by atoms with Crippen molar-refractivity contribution in [1.29, 1.82) is 0 Å². The summed E-state index contributed by atoms with van der Waals surface area (Å²) in [6, 6.07) is 7.84. The molecule has 3 rings (SSSR count). The van der Waals surface area contributed by atoms with Crippen molar-refractivity contribution in [2.45, 2.75) is 30.7 Å². The van der Waals surface area contributed by atoms with Crippen LogP contribution in [0.15, 0.2) is 45.9 Å². The molecule has 1 saturated heterocycles. The number of hydrogen-bond donors (Lipinski definition) is 1. The second-order valence-electron chi connectivity index (χ2n) is 5.91. The van der Waals surface area contributed by atoms with Crippen LogP contribution in [0.1, 0.15) is 19.8 Å². The molecule has 2 atom stereocenters. The number of sulfonamides is 1. The van der Waals surface area contributed by atoms with Crippen LogP contribution in [0.3, 0.4) is 0 Å². The highest BCUT2D eigenvalue weighted by atomic mass is 32.2. The van der Waals surface area contributed by atoms with Gasteiger partial charge in [-0.05, 0) is 31.9 Å². The molecule has 1 aliphatic rings. The van der Waals surface area contributed by atoms with Crippen molar-refractivity contribution in [3.8, 4) is 11.3 Å². The SMILES string of the molecule is CC1CCC(C(=O)O)CN1S(=O)(=O)c1ccccc1-c1ccno1. The van der Waals surface area contributed by atoms with Crippen molar-refractivity contribution in [1.82, 2.24) is 9.46 Å². The number of hydrogen-bond acceptors (Lipinski definition) is 5. The number of benzene rings is 1. The molecule has 2 heterocycles. The highest BCUT2D eigenvalue weighted by Gasteiger charge is 2.38. The van der Waals surface area contributed by atoms with Gasteiger partial charge >= 0.3 is 5.97 Å². The van der Waals surface area contributed by atoms with E-state index in [0.29, 0.717) is 24.2 Å². The number of rotatable bonds is 4. The summed E-state index contributed by atoms with van der Waals surface area (Å²) in [6.07, 6.45) is 2.44. The molecule has 1 aromatic heterocycles. The van der Waals surface area contributed by atoms with Crippen molar-refractivity contribution in [3.05, 3.63) is 36.5 Å². The van der Waals surface area contributed by atoms with Crippen LogP contribution in [-0.4, -0.2) is 41.5 Å². The van der Waals surface area contributed by atoms with Crippen LogP contribution in [0.5, 0.6) is 0 Å². The lowest BCUT2D eigenvalue weighted by Gasteiger charge is -2.35. The molecule has 8 heteroatoms. The summed E-state index contributed by atoms with van der Waals surface area (Å²) in [5.74, 6) is -1.30. The topological polar surface area (TPSA) is 101 Å². The summed E-state index contributed by atoms with van der Waals surface area (Å²) in [7, 11) is -3.85. The summed E-state index contributed by atoms with van der Waals surface area (Å²) in [5, 5.41) is 12.9. The first-order chi connectivity index (χ1) is 11.4. The van der Waals surface area contributed by atoms with E-state index in [-0.39, 0.29) is 17.5 Å². The predicted octanol–water partition coefficient (Wildman–Crippen LogP) is 2.22. The zero-order valence-corrected chi connectivity index (χ0v) is 13.9. The third kappa shape index (κ3) is 2.94. The summed E-state index contributed by atoms with van der Waals surface area (Å²) in [4.78, 5) is 11.4. The molecule has 0 radical (unpaired) electrons. The van der Waals surface area contributed by atoms with E-state index in [1.165, 1.54) is 16.6 Å². The lowest BCUT2D eigenvalue weighted by molar-refractivity contribution is -0.143. The molecule has 128 valence electrons. The molecule has 1 aliphatic heterocycles. The van der Waals surface area contributed by atoms with E-state index in [9.17, 15) is 18.3 Å². The van der Waals surface area contributed by atoms with Crippen LogP contribution in [0.25, 0.3) is 11.3 Å². The Morgan fingerprint density at radius 1 is 1.29 bits per heavy atom. The van der Waals surface area contributed by atoms with Crippen LogP contribution < -0.4 is 0 Å². The fraction of sp³-hybridized carbons (Fsp3) is 0.375. The lowest BCUT2D eigenvalue weighted by Crippen LogP contribution is -2.47. The Hall–Kier alpha value is -2.19. The fourth-order valence-electron chi connectivity index (χ4n) is 2.99. The van der Waals surface area contributed by atoms with E-state index in [1.807, 2.05) is 0 Å². The van der Waals surface area contributed by atoms with E-state index < -0.39 is 21.9 Å². The maximum absolute atomic E-state index is 13.2. The molecule has 2 unspecified atom stereocenters. The average molecular weight is 350 g/mol. The van der Waals surface area contributed by atoms with Crippen molar-refractivity contribution in [2.75, 3.05) is 6.54 Å². The molecule has 1 N–H and O–H groups in total. The first-order valence-corrected chi connectivity index (χ1v) is 9.10. The minimum Gasteiger partial charge on any atom is -0.481 e. The molecular weight excluding hydrogens is 332 g/mol. The standard InChI is InChI=1S/C16H18N2O5S/c1-11-6-7-12(16(19)20)10-18(11)24(21,22)15-5-3-2-4-13(15)14-8-9-17-23-14/h2-5,8-9,11-12H,6-7,10H2,1H3,(H,19,20). The van der Waals surface area contributed by atoms with Crippen LogP contribution in [0.2, 0.25) is 0 Å². The normalized spacial score (nSPS) is 22.4. The molecule has 24 heavy (non-hydrogen) atoms. The Bertz CT molecular complexity index is 832. The summed E-state index contributed by atoms with van der Waals surface area (Å²) in [5.41, 5.74) is 0.416. The molecule has 0 amide bonds. The van der Waals surface area contributed by atoms with Gasteiger partial charge in [-0.3, -0.25) is 4.79 Å². The zero-order valence-electron chi connectivity index (χ0n) is 13.1. The average Bonchev–Trinajstić information content (AvgIpc) is 3.09. The quantitative estimate of drug-likeness (QED) is 0.907. The number of nitrogens with zero attached hydrogens (tertiary/aromatic N) is 2. The second kappa shape index (κ2) is 6.37. The molecule has 0 aliphatic carbocycles. The van der Waals surface area contributed by atoms with Gasteiger partial charge in [0.1, 0.15) is 0 Å². The number of piperidine rings is 1. The monoisotopic (exact) mass is 350 g/mol. The number of carbonyl (C=O) groups is 1. The highest BCUT2D eigenvalue weighted by molar-refractivity contribution is 7.89. The third-order valence-corrected chi connectivity index (χ3v) is 6.39. The van der Waals surface area contributed by atoms with Gasteiger partial charge in [-0.2, -0.15) is 4.31 Å². The second-order valence-corrected chi connectivity index (χ2v) is 7.77. The summed E-state index contributed by atoms with van der Waals surface area (Å²) < 4.78 is 32.7. The molecule has 0 saturated carbocycles. The van der Waals surface area contributed by atoms with Gasteiger partial charge in [-0.25, -0.2) is 8.42 Å². The summed E-state index contributed by atoms with van der Waals surface area (Å²) in [6.45, 7) is 1.77. The lowest BCUT2D eigenvalue weighted by atomic mass is 9.96. The van der Waals surface area contributed by atoms with Gasteiger partial charge < -0.3 is 9.63 Å². The number of carboxylic acids is 1. The Labute approximate surface area is 139 Å². The van der Waals surface area contributed by atoms with E-state index in [4.69, 9.17) is 4.52 Å². The molecule has 7 nitrogen and oxygen atoms in total. The smallest absolute Gasteiger partial charge is 0.307 e. The van der Waals surface area contributed by atoms with Crippen LogP contribution in [-0.2, 0) is 14.8 Å². The van der Waals surface area contributed by atoms with Crippen LogP contribution in [0.4, 0.5) is 0 Å². The maximum atomic E-state index is 13.2. The van der Waals surface area contributed by atoms with E-state index in [0.717, 1.165) is 0 Å². The maximum Gasteiger partial charge on any atom is 0.307 e. The van der Waals surface area contributed by atoms with Crippen molar-refractivity contribution >= 4 is 16.0 Å². The van der Waals surface area contributed by atoms with Gasteiger partial charge in [-0.15, -0.1) is 0 Å². The van der Waals surface area contributed by atoms with E-state index in [1.54, 1.807) is 31.2 Å². The van der Waals surface area contributed by atoms with Crippen LogP contribution in [0, 0.1) is 5.92 Å².